The van der Waals surface area contributed by atoms with E-state index in [1.165, 1.54) is 31.4 Å². The summed E-state index contributed by atoms with van der Waals surface area (Å²) in [6.45, 7) is 1.15. The minimum absolute atomic E-state index is 0.101. The van der Waals surface area contributed by atoms with Crippen molar-refractivity contribution < 1.29 is 63.5 Å². The minimum atomic E-state index is -1.69. The van der Waals surface area contributed by atoms with E-state index >= 15 is 0 Å². The van der Waals surface area contributed by atoms with Crippen LogP contribution in [0.15, 0.2) is 51.9 Å². The lowest BCUT2D eigenvalue weighted by Crippen LogP contribution is -2.61. The fourth-order valence-corrected chi connectivity index (χ4v) is 5.07. The van der Waals surface area contributed by atoms with Gasteiger partial charge in [-0.1, -0.05) is 6.07 Å². The molecule has 0 aliphatic carbocycles. The zero-order valence-corrected chi connectivity index (χ0v) is 22.2. The van der Waals surface area contributed by atoms with Gasteiger partial charge in [0.25, 0.3) is 0 Å². The molecule has 2 fully saturated rings. The van der Waals surface area contributed by atoms with Crippen molar-refractivity contribution in [2.75, 3.05) is 13.4 Å². The van der Waals surface area contributed by atoms with Gasteiger partial charge in [-0.25, -0.2) is 0 Å². The van der Waals surface area contributed by atoms with Gasteiger partial charge < -0.3 is 63.5 Å². The second-order valence-electron chi connectivity index (χ2n) is 10.4. The van der Waals surface area contributed by atoms with Gasteiger partial charge in [0.1, 0.15) is 60.3 Å². The second kappa shape index (κ2) is 11.4. The lowest BCUT2D eigenvalue weighted by molar-refractivity contribution is -0.318. The maximum atomic E-state index is 13.2. The molecule has 0 unspecified atom stereocenters. The molecular formula is C28H30O14. The molecule has 14 nitrogen and oxygen atoms in total. The first-order valence-electron chi connectivity index (χ1n) is 13.3. The van der Waals surface area contributed by atoms with Crippen molar-refractivity contribution >= 4 is 11.0 Å². The summed E-state index contributed by atoms with van der Waals surface area (Å²) in [5, 5.41) is 61.7. The van der Waals surface area contributed by atoms with Crippen molar-refractivity contribution in [1.29, 1.82) is 0 Å². The quantitative estimate of drug-likeness (QED) is 0.208. The monoisotopic (exact) mass is 590 g/mol. The molecule has 2 saturated heterocycles. The Morgan fingerprint density at radius 2 is 1.55 bits per heavy atom. The van der Waals surface area contributed by atoms with E-state index in [0.29, 0.717) is 22.6 Å². The maximum absolute atomic E-state index is 13.2. The van der Waals surface area contributed by atoms with Crippen LogP contribution in [-0.2, 0) is 14.2 Å². The van der Waals surface area contributed by atoms with E-state index in [-0.39, 0.29) is 28.9 Å². The van der Waals surface area contributed by atoms with Gasteiger partial charge in [-0.3, -0.25) is 4.79 Å². The van der Waals surface area contributed by atoms with Crippen molar-refractivity contribution in [2.45, 2.75) is 68.3 Å². The van der Waals surface area contributed by atoms with E-state index in [4.69, 9.17) is 32.8 Å². The third-order valence-corrected chi connectivity index (χ3v) is 7.58. The summed E-state index contributed by atoms with van der Waals surface area (Å²) in [6.07, 6.45) is -13.0. The highest BCUT2D eigenvalue weighted by molar-refractivity contribution is 5.83. The van der Waals surface area contributed by atoms with Crippen LogP contribution in [0.1, 0.15) is 6.92 Å². The molecule has 1 aromatic heterocycles. The number of hydrogen-bond donors (Lipinski definition) is 6. The Morgan fingerprint density at radius 1 is 0.810 bits per heavy atom. The van der Waals surface area contributed by atoms with E-state index in [0.717, 1.165) is 0 Å². The van der Waals surface area contributed by atoms with Crippen molar-refractivity contribution in [2.24, 2.45) is 0 Å². The Kier molecular flexibility index (Phi) is 7.82. The topological polar surface area (TPSA) is 207 Å². The van der Waals surface area contributed by atoms with Crippen molar-refractivity contribution in [3.63, 3.8) is 0 Å². The zero-order chi connectivity index (χ0) is 29.7. The van der Waals surface area contributed by atoms with Gasteiger partial charge in [-0.05, 0) is 36.8 Å². The maximum Gasteiger partial charge on any atom is 0.231 e. The molecule has 0 saturated carbocycles. The standard InChI is InChI=1S/C28H30O14/c1-11-20(29)23(32)25(34)27(40-11)37-9-19-22(31)24(33)26(35)28(42-19)41-13-3-4-14-17(7-13)36-8-15(21(14)30)12-2-5-16-18(6-12)39-10-38-16/h2-8,11,19-20,22-29,31-35H,9-10H2,1H3/t11-,19+,20-,22-,23-,24-,25-,26-,27+,28+/m0/s1. The van der Waals surface area contributed by atoms with Crippen molar-refractivity contribution in [3.05, 3.63) is 52.9 Å². The summed E-state index contributed by atoms with van der Waals surface area (Å²) in [4.78, 5) is 13.2. The molecule has 0 spiro atoms. The second-order valence-corrected chi connectivity index (χ2v) is 10.4. The molecule has 10 atom stereocenters. The lowest BCUT2D eigenvalue weighted by atomic mass is 9.98. The largest absolute Gasteiger partial charge is 0.463 e. The van der Waals surface area contributed by atoms with Crippen LogP contribution in [0.3, 0.4) is 0 Å². The summed E-state index contributed by atoms with van der Waals surface area (Å²) >= 11 is 0. The summed E-state index contributed by atoms with van der Waals surface area (Å²) in [7, 11) is 0. The molecule has 14 heteroatoms. The summed E-state index contributed by atoms with van der Waals surface area (Å²) in [5.74, 6) is 1.23. The number of aliphatic hydroxyl groups excluding tert-OH is 6. The molecular weight excluding hydrogens is 560 g/mol. The average Bonchev–Trinajstić information content (AvgIpc) is 3.46. The zero-order valence-electron chi connectivity index (χ0n) is 22.2. The average molecular weight is 591 g/mol. The summed E-state index contributed by atoms with van der Waals surface area (Å²) in [5.41, 5.74) is 0.779. The van der Waals surface area contributed by atoms with Crippen molar-refractivity contribution in [1.82, 2.24) is 0 Å². The van der Waals surface area contributed by atoms with E-state index in [2.05, 4.69) is 0 Å². The van der Waals surface area contributed by atoms with Gasteiger partial charge in [0, 0.05) is 6.07 Å². The first-order valence-corrected chi connectivity index (χ1v) is 13.3. The first kappa shape index (κ1) is 28.8. The SMILES string of the molecule is C[C@@H]1O[C@@H](OC[C@H]2O[C@@H](Oc3ccc4c(=O)c(-c5ccc6c(c5)OCO6)coc4c3)[C@@H](O)[C@@H](O)[C@H]2O)[C@@H](O)[C@@H](O)[C@H]1O. The van der Waals surface area contributed by atoms with Gasteiger partial charge in [-0.2, -0.15) is 0 Å². The smallest absolute Gasteiger partial charge is 0.231 e. The minimum Gasteiger partial charge on any atom is -0.463 e. The molecule has 3 aliphatic heterocycles. The molecule has 0 radical (unpaired) electrons. The third kappa shape index (κ3) is 5.21. The molecule has 2 aromatic carbocycles. The van der Waals surface area contributed by atoms with E-state index in [1.54, 1.807) is 18.2 Å². The van der Waals surface area contributed by atoms with E-state index < -0.39 is 68.0 Å². The van der Waals surface area contributed by atoms with Crippen LogP contribution in [-0.4, -0.2) is 105 Å². The lowest BCUT2D eigenvalue weighted by Gasteiger charge is -2.42. The van der Waals surface area contributed by atoms with Gasteiger partial charge in [0.05, 0.1) is 23.7 Å². The molecule has 0 amide bonds. The third-order valence-electron chi connectivity index (χ3n) is 7.58. The van der Waals surface area contributed by atoms with Crippen LogP contribution in [0.25, 0.3) is 22.1 Å². The van der Waals surface area contributed by atoms with Gasteiger partial charge in [-0.15, -0.1) is 0 Å². The Bertz CT molecular complexity index is 1490. The Hall–Kier alpha value is -3.31. The predicted molar refractivity (Wildman–Crippen MR) is 140 cm³/mol. The fraction of sp³-hybridized carbons (Fsp3) is 0.464. The van der Waals surface area contributed by atoms with Crippen LogP contribution in [0.4, 0.5) is 0 Å². The fourth-order valence-electron chi connectivity index (χ4n) is 5.07. The van der Waals surface area contributed by atoms with Gasteiger partial charge in [0.2, 0.25) is 13.1 Å². The molecule has 3 aliphatic rings. The van der Waals surface area contributed by atoms with E-state index in [9.17, 15) is 35.4 Å². The number of benzene rings is 2. The van der Waals surface area contributed by atoms with Crippen LogP contribution in [0.5, 0.6) is 17.2 Å². The predicted octanol–water partition coefficient (Wildman–Crippen LogP) is -0.781. The number of fused-ring (bicyclic) bond motifs is 2. The molecule has 42 heavy (non-hydrogen) atoms. The number of aliphatic hydroxyl groups is 6. The van der Waals surface area contributed by atoms with Crippen LogP contribution in [0.2, 0.25) is 0 Å². The van der Waals surface area contributed by atoms with Gasteiger partial charge >= 0.3 is 0 Å². The summed E-state index contributed by atoms with van der Waals surface area (Å²) < 4.78 is 38.7. The van der Waals surface area contributed by atoms with Crippen LogP contribution < -0.4 is 19.6 Å². The molecule has 226 valence electrons. The summed E-state index contributed by atoms with van der Waals surface area (Å²) in [6, 6.07) is 9.47. The van der Waals surface area contributed by atoms with Crippen LogP contribution >= 0.6 is 0 Å². The molecule has 6 rings (SSSR count). The normalized spacial score (nSPS) is 34.5. The molecule has 3 aromatic rings. The highest BCUT2D eigenvalue weighted by atomic mass is 16.7. The van der Waals surface area contributed by atoms with E-state index in [1.807, 2.05) is 0 Å². The number of rotatable bonds is 6. The Labute approximate surface area is 237 Å². The highest BCUT2D eigenvalue weighted by Gasteiger charge is 2.47. The van der Waals surface area contributed by atoms with Crippen LogP contribution in [0, 0.1) is 0 Å². The molecule has 4 heterocycles. The molecule has 0 bridgehead atoms. The van der Waals surface area contributed by atoms with Crippen molar-refractivity contribution in [3.8, 4) is 28.4 Å². The first-order chi connectivity index (χ1) is 20.1. The number of hydrogen-bond acceptors (Lipinski definition) is 14. The Balaban J connectivity index is 1.16. The van der Waals surface area contributed by atoms with Gasteiger partial charge in [0.15, 0.2) is 23.2 Å². The Morgan fingerprint density at radius 3 is 2.36 bits per heavy atom. The molecule has 6 N–H and O–H groups in total. The highest BCUT2D eigenvalue weighted by Crippen LogP contribution is 2.36. The number of ether oxygens (including phenoxy) is 6.